The average molecular weight is 354 g/mol. The van der Waals surface area contributed by atoms with Crippen LogP contribution in [0.5, 0.6) is 0 Å². The van der Waals surface area contributed by atoms with Gasteiger partial charge < -0.3 is 5.32 Å². The van der Waals surface area contributed by atoms with Gasteiger partial charge in [-0.15, -0.1) is 11.3 Å². The van der Waals surface area contributed by atoms with Crippen molar-refractivity contribution in [1.82, 2.24) is 9.97 Å². The maximum Gasteiger partial charge on any atom is 0.133 e. The predicted octanol–water partition coefficient (Wildman–Crippen LogP) is 5.05. The lowest BCUT2D eigenvalue weighted by Gasteiger charge is -2.13. The first-order valence-electron chi connectivity index (χ1n) is 7.02. The number of thiophene rings is 1. The summed E-state index contributed by atoms with van der Waals surface area (Å²) in [5.41, 5.74) is 2.17. The fourth-order valence-corrected chi connectivity index (χ4v) is 3.60. The molecule has 0 aliphatic heterocycles. The second-order valence-electron chi connectivity index (χ2n) is 4.74. The maximum absolute atomic E-state index is 4.76. The summed E-state index contributed by atoms with van der Waals surface area (Å²) in [6, 6.07) is 2.07. The number of aryl methyl sites for hydroxylation is 1. The number of aromatic nitrogens is 2. The average Bonchev–Trinajstić information content (AvgIpc) is 2.85. The molecule has 0 saturated heterocycles. The number of nitrogens with zero attached hydrogens (tertiary/aromatic N) is 2. The first kappa shape index (κ1) is 15.4. The summed E-state index contributed by atoms with van der Waals surface area (Å²) < 4.78 is 1.10. The normalized spacial score (nSPS) is 10.8. The van der Waals surface area contributed by atoms with Gasteiger partial charge in [0.1, 0.15) is 11.6 Å². The number of anilines is 1. The molecular formula is C15H20BrN3S. The molecule has 0 spiro atoms. The van der Waals surface area contributed by atoms with E-state index >= 15 is 0 Å². The van der Waals surface area contributed by atoms with Crippen LogP contribution in [0.25, 0.3) is 10.6 Å². The number of nitrogens with one attached hydrogen (secondary N) is 1. The number of hydrogen-bond acceptors (Lipinski definition) is 4. The van der Waals surface area contributed by atoms with E-state index in [1.54, 1.807) is 11.3 Å². The molecular weight excluding hydrogens is 334 g/mol. The van der Waals surface area contributed by atoms with Crippen molar-refractivity contribution < 1.29 is 0 Å². The largest absolute Gasteiger partial charge is 0.370 e. The van der Waals surface area contributed by atoms with E-state index in [1.165, 1.54) is 4.88 Å². The zero-order valence-electron chi connectivity index (χ0n) is 12.2. The molecule has 0 bridgehead atoms. The van der Waals surface area contributed by atoms with Crippen molar-refractivity contribution in [3.63, 3.8) is 0 Å². The lowest BCUT2D eigenvalue weighted by molar-refractivity contribution is 0.830. The monoisotopic (exact) mass is 353 g/mol. The summed E-state index contributed by atoms with van der Waals surface area (Å²) >= 11 is 5.32. The molecule has 0 atom stereocenters. The van der Waals surface area contributed by atoms with Crippen LogP contribution in [0.4, 0.5) is 5.82 Å². The molecule has 3 nitrogen and oxygen atoms in total. The highest BCUT2D eigenvalue weighted by Crippen LogP contribution is 2.35. The SMILES string of the molecule is CCCNc1nc(CCC)nc(-c2sccc2Br)c1C. The van der Waals surface area contributed by atoms with Gasteiger partial charge in [-0.2, -0.15) is 0 Å². The third-order valence-corrected chi connectivity index (χ3v) is 4.88. The predicted molar refractivity (Wildman–Crippen MR) is 90.6 cm³/mol. The zero-order valence-corrected chi connectivity index (χ0v) is 14.6. The van der Waals surface area contributed by atoms with E-state index in [-0.39, 0.29) is 0 Å². The molecule has 0 saturated carbocycles. The molecule has 2 heterocycles. The maximum atomic E-state index is 4.76. The lowest BCUT2D eigenvalue weighted by Crippen LogP contribution is -2.09. The van der Waals surface area contributed by atoms with Crippen molar-refractivity contribution in [1.29, 1.82) is 0 Å². The van der Waals surface area contributed by atoms with Crippen molar-refractivity contribution in [2.24, 2.45) is 0 Å². The molecule has 0 aliphatic rings. The van der Waals surface area contributed by atoms with Crippen LogP contribution in [0, 0.1) is 6.92 Å². The highest BCUT2D eigenvalue weighted by molar-refractivity contribution is 9.10. The van der Waals surface area contributed by atoms with E-state index in [4.69, 9.17) is 4.98 Å². The second kappa shape index (κ2) is 7.18. The summed E-state index contributed by atoms with van der Waals surface area (Å²) in [6.07, 6.45) is 3.06. The van der Waals surface area contributed by atoms with Crippen LogP contribution in [-0.2, 0) is 6.42 Å². The Morgan fingerprint density at radius 3 is 2.65 bits per heavy atom. The van der Waals surface area contributed by atoms with Crippen LogP contribution < -0.4 is 5.32 Å². The molecule has 2 rings (SSSR count). The second-order valence-corrected chi connectivity index (χ2v) is 6.51. The minimum atomic E-state index is 0.914. The summed E-state index contributed by atoms with van der Waals surface area (Å²) in [7, 11) is 0. The number of rotatable bonds is 6. The highest BCUT2D eigenvalue weighted by Gasteiger charge is 2.15. The Labute approximate surface area is 133 Å². The molecule has 0 aromatic carbocycles. The van der Waals surface area contributed by atoms with Crippen LogP contribution in [0.15, 0.2) is 15.9 Å². The minimum Gasteiger partial charge on any atom is -0.370 e. The third-order valence-electron chi connectivity index (χ3n) is 3.04. The van der Waals surface area contributed by atoms with Gasteiger partial charge in [0.2, 0.25) is 0 Å². The molecule has 0 radical (unpaired) electrons. The smallest absolute Gasteiger partial charge is 0.133 e. The third kappa shape index (κ3) is 3.38. The van der Waals surface area contributed by atoms with E-state index in [1.807, 2.05) is 0 Å². The van der Waals surface area contributed by atoms with Crippen LogP contribution in [0.3, 0.4) is 0 Å². The van der Waals surface area contributed by atoms with E-state index in [0.29, 0.717) is 0 Å². The van der Waals surface area contributed by atoms with Crippen LogP contribution in [0.1, 0.15) is 38.1 Å². The molecule has 0 fully saturated rings. The molecule has 1 N–H and O–H groups in total. The summed E-state index contributed by atoms with van der Waals surface area (Å²) in [4.78, 5) is 10.6. The van der Waals surface area contributed by atoms with E-state index in [0.717, 1.165) is 53.2 Å². The Bertz CT molecular complexity index is 580. The van der Waals surface area contributed by atoms with Gasteiger partial charge in [-0.3, -0.25) is 0 Å². The minimum absolute atomic E-state index is 0.914. The molecule has 2 aromatic rings. The van der Waals surface area contributed by atoms with Gasteiger partial charge in [-0.25, -0.2) is 9.97 Å². The van der Waals surface area contributed by atoms with Crippen molar-refractivity contribution >= 4 is 33.1 Å². The fourth-order valence-electron chi connectivity index (χ4n) is 2.00. The first-order chi connectivity index (χ1) is 9.67. The van der Waals surface area contributed by atoms with Crippen molar-refractivity contribution in [2.45, 2.75) is 40.0 Å². The molecule has 108 valence electrons. The van der Waals surface area contributed by atoms with E-state index in [2.05, 4.69) is 58.4 Å². The highest BCUT2D eigenvalue weighted by atomic mass is 79.9. The molecule has 5 heteroatoms. The Kier molecular flexibility index (Phi) is 5.54. The summed E-state index contributed by atoms with van der Waals surface area (Å²) in [5.74, 6) is 1.90. The first-order valence-corrected chi connectivity index (χ1v) is 8.69. The van der Waals surface area contributed by atoms with Crippen LogP contribution in [0.2, 0.25) is 0 Å². The van der Waals surface area contributed by atoms with Gasteiger partial charge in [0.15, 0.2) is 0 Å². The summed E-state index contributed by atoms with van der Waals surface area (Å²) in [6.45, 7) is 7.35. The van der Waals surface area contributed by atoms with Gasteiger partial charge in [0.25, 0.3) is 0 Å². The molecule has 0 unspecified atom stereocenters. The van der Waals surface area contributed by atoms with Gasteiger partial charge in [-0.1, -0.05) is 13.8 Å². The van der Waals surface area contributed by atoms with Crippen LogP contribution in [-0.4, -0.2) is 16.5 Å². The zero-order chi connectivity index (χ0) is 14.5. The number of halogens is 1. The van der Waals surface area contributed by atoms with E-state index < -0.39 is 0 Å². The van der Waals surface area contributed by atoms with Crippen molar-refractivity contribution in [3.8, 4) is 10.6 Å². The number of hydrogen-bond donors (Lipinski definition) is 1. The Hall–Kier alpha value is -0.940. The van der Waals surface area contributed by atoms with E-state index in [9.17, 15) is 0 Å². The fraction of sp³-hybridized carbons (Fsp3) is 0.467. The Morgan fingerprint density at radius 2 is 2.05 bits per heavy atom. The quantitative estimate of drug-likeness (QED) is 0.789. The molecule has 0 aliphatic carbocycles. The van der Waals surface area contributed by atoms with Gasteiger partial charge in [0.05, 0.1) is 10.6 Å². The molecule has 20 heavy (non-hydrogen) atoms. The Balaban J connectivity index is 2.48. The standard InChI is InChI=1S/C15H20BrN3S/c1-4-6-12-18-13(14-11(16)7-9-20-14)10(3)15(19-12)17-8-5-2/h7,9H,4-6,8H2,1-3H3,(H,17,18,19). The molecule has 0 amide bonds. The van der Waals surface area contributed by atoms with Gasteiger partial charge in [-0.05, 0) is 47.1 Å². The Morgan fingerprint density at radius 1 is 1.25 bits per heavy atom. The van der Waals surface area contributed by atoms with Crippen LogP contribution >= 0.6 is 27.3 Å². The lowest BCUT2D eigenvalue weighted by atomic mass is 10.2. The summed E-state index contributed by atoms with van der Waals surface area (Å²) in [5, 5.41) is 5.50. The van der Waals surface area contributed by atoms with Gasteiger partial charge in [0, 0.05) is 23.0 Å². The van der Waals surface area contributed by atoms with Gasteiger partial charge >= 0.3 is 0 Å². The topological polar surface area (TPSA) is 37.8 Å². The van der Waals surface area contributed by atoms with Crippen molar-refractivity contribution in [2.75, 3.05) is 11.9 Å². The molecule has 2 aromatic heterocycles. The van der Waals surface area contributed by atoms with Crippen molar-refractivity contribution in [3.05, 3.63) is 27.3 Å².